The fourth-order valence-electron chi connectivity index (χ4n) is 4.56. The van der Waals surface area contributed by atoms with Crippen molar-refractivity contribution in [1.29, 1.82) is 0 Å². The highest BCUT2D eigenvalue weighted by atomic mass is 16.5. The predicted molar refractivity (Wildman–Crippen MR) is 99.8 cm³/mol. The molecule has 5 heteroatoms. The molecule has 2 aliphatic carbocycles. The molecule has 142 valence electrons. The maximum atomic E-state index is 6.09. The molecular formula is C20H35N3O2. The van der Waals surface area contributed by atoms with Gasteiger partial charge in [-0.3, -0.25) is 4.99 Å². The van der Waals surface area contributed by atoms with E-state index in [1.54, 1.807) is 0 Å². The second kappa shape index (κ2) is 8.26. The summed E-state index contributed by atoms with van der Waals surface area (Å²) in [7, 11) is 1.92. The van der Waals surface area contributed by atoms with Gasteiger partial charge in [-0.05, 0) is 69.1 Å². The highest BCUT2D eigenvalue weighted by molar-refractivity contribution is 5.80. The summed E-state index contributed by atoms with van der Waals surface area (Å²) in [5, 5.41) is 3.69. The van der Waals surface area contributed by atoms with Crippen molar-refractivity contribution < 1.29 is 9.47 Å². The normalized spacial score (nSPS) is 28.8. The van der Waals surface area contributed by atoms with Crippen LogP contribution in [0.5, 0.6) is 0 Å². The first-order chi connectivity index (χ1) is 12.3. The van der Waals surface area contributed by atoms with Crippen LogP contribution >= 0.6 is 0 Å². The van der Waals surface area contributed by atoms with Crippen molar-refractivity contribution in [1.82, 2.24) is 10.2 Å². The molecule has 2 saturated heterocycles. The predicted octanol–water partition coefficient (Wildman–Crippen LogP) is 2.66. The molecule has 0 aromatic carbocycles. The Hall–Kier alpha value is -0.810. The van der Waals surface area contributed by atoms with Crippen molar-refractivity contribution in [3.8, 4) is 0 Å². The first-order valence-electron chi connectivity index (χ1n) is 10.5. The highest BCUT2D eigenvalue weighted by Crippen LogP contribution is 2.48. The summed E-state index contributed by atoms with van der Waals surface area (Å²) in [6.45, 7) is 4.91. The number of aliphatic imine (C=N–C) groups is 1. The van der Waals surface area contributed by atoms with Crippen molar-refractivity contribution >= 4 is 5.96 Å². The lowest BCUT2D eigenvalue weighted by Crippen LogP contribution is -2.48. The monoisotopic (exact) mass is 349 g/mol. The van der Waals surface area contributed by atoms with Crippen molar-refractivity contribution in [2.24, 2.45) is 22.7 Å². The number of nitrogens with one attached hydrogen (secondary N) is 1. The summed E-state index contributed by atoms with van der Waals surface area (Å²) < 4.78 is 11.8. The smallest absolute Gasteiger partial charge is 0.193 e. The molecule has 4 aliphatic rings. The van der Waals surface area contributed by atoms with Crippen LogP contribution in [0.25, 0.3) is 0 Å². The Kier molecular flexibility index (Phi) is 5.81. The van der Waals surface area contributed by atoms with Crippen molar-refractivity contribution in [3.63, 3.8) is 0 Å². The molecule has 0 bridgehead atoms. The van der Waals surface area contributed by atoms with Crippen LogP contribution in [-0.4, -0.2) is 63.0 Å². The van der Waals surface area contributed by atoms with Gasteiger partial charge in [0, 0.05) is 33.3 Å². The Morgan fingerprint density at radius 1 is 1.12 bits per heavy atom. The molecule has 0 aromatic rings. The maximum Gasteiger partial charge on any atom is 0.193 e. The van der Waals surface area contributed by atoms with Crippen LogP contribution in [0.2, 0.25) is 0 Å². The summed E-state index contributed by atoms with van der Waals surface area (Å²) >= 11 is 0. The summed E-state index contributed by atoms with van der Waals surface area (Å²) in [5.74, 6) is 3.98. The molecule has 2 aliphatic heterocycles. The molecule has 5 nitrogen and oxygen atoms in total. The maximum absolute atomic E-state index is 6.09. The molecule has 25 heavy (non-hydrogen) atoms. The quantitative estimate of drug-likeness (QED) is 0.567. The van der Waals surface area contributed by atoms with Gasteiger partial charge in [-0.1, -0.05) is 0 Å². The summed E-state index contributed by atoms with van der Waals surface area (Å²) in [6.07, 6.45) is 11.1. The second-order valence-electron chi connectivity index (χ2n) is 8.42. The van der Waals surface area contributed by atoms with Crippen molar-refractivity contribution in [2.45, 2.75) is 63.6 Å². The number of hydrogen-bond donors (Lipinski definition) is 1. The topological polar surface area (TPSA) is 46.1 Å². The lowest BCUT2D eigenvalue weighted by Gasteiger charge is -2.35. The van der Waals surface area contributed by atoms with Crippen LogP contribution < -0.4 is 5.32 Å². The number of ether oxygens (including phenoxy) is 2. The van der Waals surface area contributed by atoms with E-state index in [1.807, 2.05) is 7.05 Å². The first-order valence-corrected chi connectivity index (χ1v) is 10.5. The third-order valence-corrected chi connectivity index (χ3v) is 6.45. The Labute approximate surface area is 152 Å². The minimum Gasteiger partial charge on any atom is -0.376 e. The third-order valence-electron chi connectivity index (χ3n) is 6.45. The van der Waals surface area contributed by atoms with E-state index in [1.165, 1.54) is 38.5 Å². The molecule has 1 unspecified atom stereocenters. The number of likely N-dealkylation sites (tertiary alicyclic amines) is 1. The number of guanidine groups is 1. The van der Waals surface area contributed by atoms with Crippen molar-refractivity contribution in [3.05, 3.63) is 0 Å². The van der Waals surface area contributed by atoms with Gasteiger partial charge in [0.25, 0.3) is 0 Å². The van der Waals surface area contributed by atoms with E-state index >= 15 is 0 Å². The third kappa shape index (κ3) is 4.88. The fraction of sp³-hybridized carbons (Fsp3) is 0.950. The van der Waals surface area contributed by atoms with E-state index in [2.05, 4.69) is 15.2 Å². The summed E-state index contributed by atoms with van der Waals surface area (Å²) in [5.41, 5.74) is 0. The summed E-state index contributed by atoms with van der Waals surface area (Å²) in [6, 6.07) is 0. The van der Waals surface area contributed by atoms with Crippen LogP contribution in [0.4, 0.5) is 0 Å². The van der Waals surface area contributed by atoms with E-state index in [9.17, 15) is 0 Å². The van der Waals surface area contributed by atoms with Gasteiger partial charge >= 0.3 is 0 Å². The first kappa shape index (κ1) is 17.6. The molecule has 2 saturated carbocycles. The van der Waals surface area contributed by atoms with E-state index in [4.69, 9.17) is 9.47 Å². The van der Waals surface area contributed by atoms with Gasteiger partial charge in [-0.25, -0.2) is 0 Å². The molecule has 0 amide bonds. The van der Waals surface area contributed by atoms with Gasteiger partial charge in [0.15, 0.2) is 5.96 Å². The van der Waals surface area contributed by atoms with Gasteiger partial charge in [-0.15, -0.1) is 0 Å². The largest absolute Gasteiger partial charge is 0.376 e. The number of hydrogen-bond acceptors (Lipinski definition) is 3. The summed E-state index contributed by atoms with van der Waals surface area (Å²) in [4.78, 5) is 6.97. The number of rotatable bonds is 7. The van der Waals surface area contributed by atoms with Gasteiger partial charge in [-0.2, -0.15) is 0 Å². The van der Waals surface area contributed by atoms with Gasteiger partial charge < -0.3 is 19.7 Å². The fourth-order valence-corrected chi connectivity index (χ4v) is 4.56. The second-order valence-corrected chi connectivity index (χ2v) is 8.42. The average Bonchev–Trinajstić information content (AvgIpc) is 3.58. The standard InChI is InChI=1S/C20H35N3O2/c1-21-20(22-13-19(15-4-5-15)16-6-7-16)23-10-8-17(9-11-23)25-14-18-3-2-12-24-18/h15-19H,2-14H2,1H3,(H,21,22). The van der Waals surface area contributed by atoms with E-state index in [-0.39, 0.29) is 0 Å². The average molecular weight is 350 g/mol. The van der Waals surface area contributed by atoms with Crippen LogP contribution in [0.15, 0.2) is 4.99 Å². The Balaban J connectivity index is 1.17. The number of nitrogens with zero attached hydrogens (tertiary/aromatic N) is 2. The molecule has 4 rings (SSSR count). The minimum atomic E-state index is 0.342. The number of piperidine rings is 1. The zero-order valence-electron chi connectivity index (χ0n) is 15.8. The highest BCUT2D eigenvalue weighted by Gasteiger charge is 2.41. The Morgan fingerprint density at radius 2 is 1.84 bits per heavy atom. The molecule has 0 aromatic heterocycles. The van der Waals surface area contributed by atoms with Crippen LogP contribution in [0.1, 0.15) is 51.4 Å². The molecule has 2 heterocycles. The zero-order chi connectivity index (χ0) is 17.1. The van der Waals surface area contributed by atoms with Gasteiger partial charge in [0.1, 0.15) is 0 Å². The molecule has 1 N–H and O–H groups in total. The van der Waals surface area contributed by atoms with E-state index in [0.717, 1.165) is 69.4 Å². The molecular weight excluding hydrogens is 314 g/mol. The lowest BCUT2D eigenvalue weighted by molar-refractivity contribution is -0.0367. The lowest BCUT2D eigenvalue weighted by atomic mass is 9.98. The minimum absolute atomic E-state index is 0.342. The van der Waals surface area contributed by atoms with Crippen LogP contribution in [0.3, 0.4) is 0 Å². The zero-order valence-corrected chi connectivity index (χ0v) is 15.8. The van der Waals surface area contributed by atoms with Gasteiger partial charge in [0.05, 0.1) is 18.8 Å². The van der Waals surface area contributed by atoms with Crippen molar-refractivity contribution in [2.75, 3.05) is 39.9 Å². The van der Waals surface area contributed by atoms with E-state index < -0.39 is 0 Å². The van der Waals surface area contributed by atoms with Crippen LogP contribution in [0, 0.1) is 17.8 Å². The Bertz CT molecular complexity index is 436. The molecule has 1 atom stereocenters. The molecule has 0 radical (unpaired) electrons. The SMILES string of the molecule is CN=C(NCC(C1CC1)C1CC1)N1CCC(OCC2CCCO2)CC1. The van der Waals surface area contributed by atoms with Gasteiger partial charge in [0.2, 0.25) is 0 Å². The van der Waals surface area contributed by atoms with Crippen LogP contribution in [-0.2, 0) is 9.47 Å². The molecule has 0 spiro atoms. The molecule has 4 fully saturated rings. The Morgan fingerprint density at radius 3 is 2.40 bits per heavy atom. The van der Waals surface area contributed by atoms with E-state index in [0.29, 0.717) is 12.2 Å².